The summed E-state index contributed by atoms with van der Waals surface area (Å²) < 4.78 is 15.1. The second kappa shape index (κ2) is 8.26. The first-order chi connectivity index (χ1) is 14.6. The zero-order chi connectivity index (χ0) is 21.1. The molecule has 10 heteroatoms. The summed E-state index contributed by atoms with van der Waals surface area (Å²) in [7, 11) is 0. The molecule has 0 atom stereocenters. The number of nitrogens with one attached hydrogen (secondary N) is 1. The van der Waals surface area contributed by atoms with Gasteiger partial charge in [-0.1, -0.05) is 42.1 Å². The summed E-state index contributed by atoms with van der Waals surface area (Å²) in [6.07, 6.45) is 0.182. The van der Waals surface area contributed by atoms with E-state index < -0.39 is 0 Å². The van der Waals surface area contributed by atoms with E-state index in [0.29, 0.717) is 22.1 Å². The second-order valence-electron chi connectivity index (χ2n) is 6.36. The van der Waals surface area contributed by atoms with Crippen LogP contribution in [-0.2, 0) is 6.42 Å². The van der Waals surface area contributed by atoms with Crippen LogP contribution in [0.25, 0.3) is 16.6 Å². The van der Waals surface area contributed by atoms with Gasteiger partial charge in [0.15, 0.2) is 11.6 Å². The zero-order valence-corrected chi connectivity index (χ0v) is 16.4. The molecular formula is C20H16FN7OS. The summed E-state index contributed by atoms with van der Waals surface area (Å²) in [5.41, 5.74) is 1.95. The molecule has 150 valence electrons. The van der Waals surface area contributed by atoms with Gasteiger partial charge in [-0.05, 0) is 23.8 Å². The van der Waals surface area contributed by atoms with E-state index in [-0.39, 0.29) is 35.1 Å². The zero-order valence-electron chi connectivity index (χ0n) is 15.6. The van der Waals surface area contributed by atoms with Gasteiger partial charge in [0, 0.05) is 6.42 Å². The molecule has 0 saturated heterocycles. The average Bonchev–Trinajstić information content (AvgIpc) is 3.32. The first kappa shape index (κ1) is 19.5. The predicted octanol–water partition coefficient (Wildman–Crippen LogP) is 3.18. The van der Waals surface area contributed by atoms with Crippen molar-refractivity contribution in [3.05, 3.63) is 77.3 Å². The van der Waals surface area contributed by atoms with Gasteiger partial charge in [-0.2, -0.15) is 5.26 Å². The first-order valence-corrected chi connectivity index (χ1v) is 9.88. The van der Waals surface area contributed by atoms with Gasteiger partial charge in [-0.25, -0.2) is 14.1 Å². The Balaban J connectivity index is 1.51. The Morgan fingerprint density at radius 1 is 1.20 bits per heavy atom. The molecular weight excluding hydrogens is 405 g/mol. The number of hydrogen-bond donors (Lipinski definition) is 3. The van der Waals surface area contributed by atoms with Crippen molar-refractivity contribution < 1.29 is 9.50 Å². The Kier molecular flexibility index (Phi) is 5.36. The number of nitriles is 1. The summed E-state index contributed by atoms with van der Waals surface area (Å²) in [4.78, 5) is 7.36. The summed E-state index contributed by atoms with van der Waals surface area (Å²) in [6.45, 7) is 0. The third-order valence-electron chi connectivity index (χ3n) is 4.41. The highest BCUT2D eigenvalue weighted by Crippen LogP contribution is 2.24. The minimum absolute atomic E-state index is 0.0355. The third kappa shape index (κ3) is 3.83. The fourth-order valence-electron chi connectivity index (χ4n) is 2.87. The Morgan fingerprint density at radius 2 is 1.97 bits per heavy atom. The maximum absolute atomic E-state index is 13.9. The lowest BCUT2D eigenvalue weighted by Crippen LogP contribution is -2.15. The number of H-pyrrole nitrogens is 1. The van der Waals surface area contributed by atoms with Crippen molar-refractivity contribution in [1.82, 2.24) is 24.8 Å². The molecule has 2 heterocycles. The highest BCUT2D eigenvalue weighted by molar-refractivity contribution is 7.99. The first-order valence-electron chi connectivity index (χ1n) is 8.89. The molecule has 4 rings (SSSR count). The number of thioether (sulfide) groups is 1. The van der Waals surface area contributed by atoms with Gasteiger partial charge in [0.1, 0.15) is 23.2 Å². The number of allylic oxidation sites excluding steroid dienone is 1. The summed E-state index contributed by atoms with van der Waals surface area (Å²) in [5.74, 6) is 6.21. The average molecular weight is 421 g/mol. The lowest BCUT2D eigenvalue weighted by molar-refractivity contribution is 0.420. The van der Waals surface area contributed by atoms with Crippen molar-refractivity contribution in [2.24, 2.45) is 0 Å². The van der Waals surface area contributed by atoms with Crippen LogP contribution in [0.1, 0.15) is 17.2 Å². The van der Waals surface area contributed by atoms with Gasteiger partial charge in [-0.15, -0.1) is 10.2 Å². The smallest absolute Gasteiger partial charge is 0.210 e. The molecule has 0 aliphatic rings. The highest BCUT2D eigenvalue weighted by Gasteiger charge is 2.17. The molecule has 0 spiro atoms. The molecule has 30 heavy (non-hydrogen) atoms. The summed E-state index contributed by atoms with van der Waals surface area (Å²) in [6, 6.07) is 15.7. The predicted molar refractivity (Wildman–Crippen MR) is 111 cm³/mol. The number of halogens is 1. The Bertz CT molecular complexity index is 1250. The molecule has 0 bridgehead atoms. The van der Waals surface area contributed by atoms with E-state index in [1.54, 1.807) is 18.2 Å². The molecule has 0 aliphatic carbocycles. The Hall–Kier alpha value is -3.84. The fraction of sp³-hybridized carbons (Fsp3) is 0.100. The number of benzene rings is 2. The maximum atomic E-state index is 13.9. The molecule has 0 amide bonds. The standard InChI is InChI=1S/C20H16FN7OS/c21-14-6-2-1-5-12(14)9-18-26-27-20(28(18)23)30-11-17(29)13(10-22)19-24-15-7-3-4-8-16(15)25-19/h1-8,29H,9,11,23H2,(H,24,25)/b17-13-. The van der Waals surface area contributed by atoms with E-state index >= 15 is 0 Å². The van der Waals surface area contributed by atoms with E-state index in [4.69, 9.17) is 5.84 Å². The molecule has 0 fully saturated rings. The lowest BCUT2D eigenvalue weighted by atomic mass is 10.1. The van der Waals surface area contributed by atoms with Crippen LogP contribution in [0.15, 0.2) is 59.4 Å². The van der Waals surface area contributed by atoms with E-state index in [2.05, 4.69) is 20.2 Å². The number of hydrogen-bond acceptors (Lipinski definition) is 7. The van der Waals surface area contributed by atoms with Gasteiger partial charge < -0.3 is 15.9 Å². The maximum Gasteiger partial charge on any atom is 0.210 e. The van der Waals surface area contributed by atoms with Gasteiger partial charge in [0.05, 0.1) is 16.8 Å². The third-order valence-corrected chi connectivity index (χ3v) is 5.36. The van der Waals surface area contributed by atoms with Crippen molar-refractivity contribution in [3.8, 4) is 6.07 Å². The highest BCUT2D eigenvalue weighted by atomic mass is 32.2. The van der Waals surface area contributed by atoms with Crippen molar-refractivity contribution in [3.63, 3.8) is 0 Å². The van der Waals surface area contributed by atoms with Crippen LogP contribution >= 0.6 is 11.8 Å². The van der Waals surface area contributed by atoms with Crippen molar-refractivity contribution in [2.45, 2.75) is 11.6 Å². The number of imidazole rings is 1. The van der Waals surface area contributed by atoms with E-state index in [0.717, 1.165) is 17.3 Å². The van der Waals surface area contributed by atoms with Crippen molar-refractivity contribution in [2.75, 3.05) is 11.6 Å². The number of nitrogens with zero attached hydrogens (tertiary/aromatic N) is 5. The number of nitrogen functional groups attached to an aromatic ring is 1. The topological polar surface area (TPSA) is 129 Å². The van der Waals surface area contributed by atoms with Crippen LogP contribution in [0.2, 0.25) is 0 Å². The molecule has 2 aromatic carbocycles. The Morgan fingerprint density at radius 3 is 2.73 bits per heavy atom. The van der Waals surface area contributed by atoms with E-state index in [1.807, 2.05) is 30.3 Å². The van der Waals surface area contributed by atoms with Gasteiger partial charge >= 0.3 is 0 Å². The number of nitrogens with two attached hydrogens (primary N) is 1. The van der Waals surface area contributed by atoms with E-state index in [9.17, 15) is 14.8 Å². The van der Waals surface area contributed by atoms with Gasteiger partial charge in [-0.3, -0.25) is 0 Å². The number of fused-ring (bicyclic) bond motifs is 1. The lowest BCUT2D eigenvalue weighted by Gasteiger charge is -2.05. The molecule has 0 saturated carbocycles. The number of rotatable bonds is 6. The summed E-state index contributed by atoms with van der Waals surface area (Å²) >= 11 is 1.11. The van der Waals surface area contributed by atoms with Crippen LogP contribution in [0.5, 0.6) is 0 Å². The monoisotopic (exact) mass is 421 g/mol. The van der Waals surface area contributed by atoms with Gasteiger partial charge in [0.2, 0.25) is 5.16 Å². The minimum atomic E-state index is -0.347. The molecule has 8 nitrogen and oxygen atoms in total. The molecule has 0 unspecified atom stereocenters. The van der Waals surface area contributed by atoms with E-state index in [1.165, 1.54) is 10.7 Å². The SMILES string of the molecule is N#C/C(=C(/O)CSc1nnc(Cc2ccccc2F)n1N)c1nc2ccccc2[nH]1. The van der Waals surface area contributed by atoms with Gasteiger partial charge in [0.25, 0.3) is 0 Å². The van der Waals surface area contributed by atoms with Crippen molar-refractivity contribution >= 4 is 28.4 Å². The number of aromatic amines is 1. The van der Waals surface area contributed by atoms with Crippen molar-refractivity contribution in [1.29, 1.82) is 5.26 Å². The van der Waals surface area contributed by atoms with Crippen LogP contribution in [0, 0.1) is 17.1 Å². The Labute approximate surface area is 174 Å². The molecule has 0 radical (unpaired) electrons. The van der Waals surface area contributed by atoms with Crippen LogP contribution in [0.4, 0.5) is 4.39 Å². The minimum Gasteiger partial charge on any atom is -0.510 e. The van der Waals surface area contributed by atoms with Crippen LogP contribution < -0.4 is 5.84 Å². The molecule has 2 aromatic heterocycles. The number of para-hydroxylation sites is 2. The fourth-order valence-corrected chi connectivity index (χ4v) is 3.62. The van der Waals surface area contributed by atoms with Crippen LogP contribution in [0.3, 0.4) is 0 Å². The second-order valence-corrected chi connectivity index (χ2v) is 7.30. The summed E-state index contributed by atoms with van der Waals surface area (Å²) in [5, 5.41) is 28.3. The molecule has 4 aromatic rings. The largest absolute Gasteiger partial charge is 0.510 e. The quantitative estimate of drug-likeness (QED) is 0.189. The normalized spacial score (nSPS) is 12.0. The molecule has 4 N–H and O–H groups in total. The number of aromatic nitrogens is 5. The number of aliphatic hydroxyl groups is 1. The van der Waals surface area contributed by atoms with Crippen LogP contribution in [-0.4, -0.2) is 35.7 Å². The number of aliphatic hydroxyl groups excluding tert-OH is 1. The molecule has 0 aliphatic heterocycles.